The summed E-state index contributed by atoms with van der Waals surface area (Å²) in [7, 11) is 0. The number of amides is 1. The van der Waals surface area contributed by atoms with Gasteiger partial charge in [0.05, 0.1) is 0 Å². The molecule has 0 bridgehead atoms. The number of nitrogens with one attached hydrogen (secondary N) is 1. The lowest BCUT2D eigenvalue weighted by atomic mass is 9.92. The van der Waals surface area contributed by atoms with Gasteiger partial charge in [-0.25, -0.2) is 9.59 Å². The van der Waals surface area contributed by atoms with Crippen molar-refractivity contribution in [3.8, 4) is 17.2 Å². The second-order valence-corrected chi connectivity index (χ2v) is 8.26. The minimum absolute atomic E-state index is 0.0224. The lowest BCUT2D eigenvalue weighted by molar-refractivity contribution is -0.131. The highest BCUT2D eigenvalue weighted by molar-refractivity contribution is 14.1. The molecule has 1 amide bonds. The van der Waals surface area contributed by atoms with Crippen LogP contribution in [0.3, 0.4) is 0 Å². The van der Waals surface area contributed by atoms with E-state index >= 15 is 0 Å². The van der Waals surface area contributed by atoms with Gasteiger partial charge in [-0.3, -0.25) is 5.32 Å². The first kappa shape index (κ1) is 22.7. The molecule has 0 unspecified atom stereocenters. The number of phenols is 1. The number of hydrogen-bond acceptors (Lipinski definition) is 6. The Balaban J connectivity index is 1.74. The fourth-order valence-corrected chi connectivity index (χ4v) is 3.69. The van der Waals surface area contributed by atoms with Crippen molar-refractivity contribution >= 4 is 40.3 Å². The third-order valence-corrected chi connectivity index (χ3v) is 5.39. The zero-order valence-corrected chi connectivity index (χ0v) is 18.9. The van der Waals surface area contributed by atoms with Crippen LogP contribution in [-0.4, -0.2) is 29.1 Å². The summed E-state index contributed by atoms with van der Waals surface area (Å²) in [5.41, 5.74) is 0.972. The van der Waals surface area contributed by atoms with Gasteiger partial charge in [0.15, 0.2) is 11.5 Å². The Bertz CT molecular complexity index is 992. The number of aromatic hydroxyl groups is 1. The third-order valence-electron chi connectivity index (χ3n) is 4.72. The van der Waals surface area contributed by atoms with Crippen molar-refractivity contribution in [2.75, 3.05) is 12.1 Å². The van der Waals surface area contributed by atoms with Crippen LogP contribution >= 0.6 is 22.6 Å². The first-order valence-electron chi connectivity index (χ1n) is 9.58. The topological polar surface area (TPSA) is 114 Å². The molecule has 0 aromatic heterocycles. The number of fused-ring (bicyclic) bond motifs is 1. The number of carbonyl (C=O) groups is 2. The van der Waals surface area contributed by atoms with Crippen LogP contribution < -0.4 is 14.8 Å². The molecule has 164 valence electrons. The Kier molecular flexibility index (Phi) is 7.61. The first-order chi connectivity index (χ1) is 14.8. The molecule has 2 atom stereocenters. The molecule has 1 aliphatic rings. The van der Waals surface area contributed by atoms with Crippen LogP contribution in [-0.2, 0) is 9.53 Å². The average molecular weight is 539 g/mol. The molecule has 0 spiro atoms. The molecule has 0 fully saturated rings. The molecule has 2 aromatic carbocycles. The first-order valence-corrected chi connectivity index (χ1v) is 10.7. The average Bonchev–Trinajstić information content (AvgIpc) is 3.19. The van der Waals surface area contributed by atoms with E-state index in [-0.39, 0.29) is 18.5 Å². The maximum atomic E-state index is 12.6. The summed E-state index contributed by atoms with van der Waals surface area (Å²) in [4.78, 5) is 23.3. The monoisotopic (exact) mass is 539 g/mol. The molecule has 9 heteroatoms. The molecular formula is C22H22INO7. The molecule has 3 rings (SSSR count). The summed E-state index contributed by atoms with van der Waals surface area (Å²) in [6.45, 7) is 2.01. The SMILES string of the molecule is C[C@@H](CC/C=C/C(=O)O)[C@H](OC(=O)Nc1ccc2c(c1)OCO2)c1cc(I)ccc1O. The van der Waals surface area contributed by atoms with Crippen molar-refractivity contribution in [3.05, 3.63) is 57.7 Å². The van der Waals surface area contributed by atoms with E-state index in [4.69, 9.17) is 19.3 Å². The highest BCUT2D eigenvalue weighted by Crippen LogP contribution is 2.37. The molecule has 2 aromatic rings. The minimum Gasteiger partial charge on any atom is -0.508 e. The molecule has 0 radical (unpaired) electrons. The molecule has 0 saturated heterocycles. The van der Waals surface area contributed by atoms with Crippen LogP contribution in [0.2, 0.25) is 0 Å². The lowest BCUT2D eigenvalue weighted by Gasteiger charge is -2.25. The Labute approximate surface area is 193 Å². The Morgan fingerprint density at radius 3 is 2.77 bits per heavy atom. The predicted octanol–water partition coefficient (Wildman–Crippen LogP) is 5.07. The Morgan fingerprint density at radius 1 is 1.23 bits per heavy atom. The minimum atomic E-state index is -1.01. The molecule has 31 heavy (non-hydrogen) atoms. The molecular weight excluding hydrogens is 517 g/mol. The van der Waals surface area contributed by atoms with E-state index in [2.05, 4.69) is 27.9 Å². The number of halogens is 1. The number of phenolic OH excluding ortho intramolecular Hbond substituents is 1. The number of aliphatic carboxylic acids is 1. The van der Waals surface area contributed by atoms with E-state index in [9.17, 15) is 14.7 Å². The van der Waals surface area contributed by atoms with Gasteiger partial charge in [0.1, 0.15) is 11.9 Å². The van der Waals surface area contributed by atoms with E-state index in [1.807, 2.05) is 6.92 Å². The van der Waals surface area contributed by atoms with Crippen molar-refractivity contribution < 1.29 is 34.0 Å². The normalized spacial score (nSPS) is 14.3. The van der Waals surface area contributed by atoms with Crippen molar-refractivity contribution in [2.45, 2.75) is 25.9 Å². The van der Waals surface area contributed by atoms with E-state index in [1.54, 1.807) is 42.5 Å². The maximum Gasteiger partial charge on any atom is 0.412 e. The fourth-order valence-electron chi connectivity index (χ4n) is 3.17. The van der Waals surface area contributed by atoms with Crippen molar-refractivity contribution in [1.82, 2.24) is 0 Å². The quantitative estimate of drug-likeness (QED) is 0.317. The zero-order chi connectivity index (χ0) is 22.4. The van der Waals surface area contributed by atoms with Crippen LogP contribution in [0.1, 0.15) is 31.4 Å². The van der Waals surface area contributed by atoms with Crippen LogP contribution in [0.4, 0.5) is 10.5 Å². The van der Waals surface area contributed by atoms with E-state index < -0.39 is 18.2 Å². The smallest absolute Gasteiger partial charge is 0.412 e. The summed E-state index contributed by atoms with van der Waals surface area (Å²) >= 11 is 2.12. The number of benzene rings is 2. The van der Waals surface area contributed by atoms with Crippen molar-refractivity contribution in [3.63, 3.8) is 0 Å². The van der Waals surface area contributed by atoms with Gasteiger partial charge >= 0.3 is 12.1 Å². The standard InChI is InChI=1S/C22H22INO7/c1-13(4-2-3-5-20(26)27)21(16-10-14(23)6-8-17(16)25)31-22(28)24-15-7-9-18-19(11-15)30-12-29-18/h3,5-11,13,21,25H,2,4,12H2,1H3,(H,24,28)(H,26,27)/b5-3+/t13-,21-/m0/s1. The number of carboxylic acid groups (broad SMARTS) is 1. The number of hydrogen-bond donors (Lipinski definition) is 3. The summed E-state index contributed by atoms with van der Waals surface area (Å²) in [6, 6.07) is 10.1. The lowest BCUT2D eigenvalue weighted by Crippen LogP contribution is -2.22. The predicted molar refractivity (Wildman–Crippen MR) is 121 cm³/mol. The molecule has 0 saturated carbocycles. The number of anilines is 1. The van der Waals surface area contributed by atoms with E-state index in [0.29, 0.717) is 35.6 Å². The van der Waals surface area contributed by atoms with E-state index in [1.165, 1.54) is 0 Å². The summed E-state index contributed by atoms with van der Waals surface area (Å²) in [5, 5.41) is 21.8. The number of carboxylic acids is 1. The van der Waals surface area contributed by atoms with Crippen LogP contribution in [0.15, 0.2) is 48.6 Å². The number of allylic oxidation sites excluding steroid dienone is 1. The van der Waals surface area contributed by atoms with Gasteiger partial charge in [-0.15, -0.1) is 0 Å². The highest BCUT2D eigenvalue weighted by atomic mass is 127. The Hall–Kier alpha value is -2.95. The van der Waals surface area contributed by atoms with Crippen LogP contribution in [0.5, 0.6) is 17.2 Å². The molecule has 1 aliphatic heterocycles. The summed E-state index contributed by atoms with van der Waals surface area (Å²) in [6.07, 6.45) is 2.25. The van der Waals surface area contributed by atoms with Crippen molar-refractivity contribution in [1.29, 1.82) is 0 Å². The highest BCUT2D eigenvalue weighted by Gasteiger charge is 2.26. The molecule has 8 nitrogen and oxygen atoms in total. The number of rotatable bonds is 8. The second kappa shape index (κ2) is 10.4. The van der Waals surface area contributed by atoms with Crippen molar-refractivity contribution in [2.24, 2.45) is 5.92 Å². The molecule has 0 aliphatic carbocycles. The van der Waals surface area contributed by atoms with Gasteiger partial charge in [0.2, 0.25) is 6.79 Å². The largest absolute Gasteiger partial charge is 0.508 e. The molecule has 1 heterocycles. The van der Waals surface area contributed by atoms with Gasteiger partial charge < -0.3 is 24.4 Å². The number of carbonyl (C=O) groups excluding carboxylic acids is 1. The van der Waals surface area contributed by atoms with Gasteiger partial charge in [0, 0.05) is 27.0 Å². The Morgan fingerprint density at radius 2 is 2.00 bits per heavy atom. The second-order valence-electron chi connectivity index (χ2n) is 7.02. The van der Waals surface area contributed by atoms with Gasteiger partial charge in [0.25, 0.3) is 0 Å². The van der Waals surface area contributed by atoms with E-state index in [0.717, 1.165) is 9.65 Å². The van der Waals surface area contributed by atoms with Gasteiger partial charge in [-0.2, -0.15) is 0 Å². The number of ether oxygens (including phenoxy) is 3. The van der Waals surface area contributed by atoms with Gasteiger partial charge in [-0.1, -0.05) is 13.0 Å². The maximum absolute atomic E-state index is 12.6. The third kappa shape index (κ3) is 6.27. The van der Waals surface area contributed by atoms with Crippen LogP contribution in [0, 0.1) is 9.49 Å². The fraction of sp³-hybridized carbons (Fsp3) is 0.273. The molecule has 3 N–H and O–H groups in total. The van der Waals surface area contributed by atoms with Gasteiger partial charge in [-0.05, 0) is 71.7 Å². The summed E-state index contributed by atoms with van der Waals surface area (Å²) < 4.78 is 17.2. The zero-order valence-electron chi connectivity index (χ0n) is 16.7. The summed E-state index contributed by atoms with van der Waals surface area (Å²) in [5.74, 6) is -0.0510. The van der Waals surface area contributed by atoms with Crippen LogP contribution in [0.25, 0.3) is 0 Å².